The molecule has 0 radical (unpaired) electrons. The summed E-state index contributed by atoms with van der Waals surface area (Å²) in [5.41, 5.74) is 0.311. The zero-order chi connectivity index (χ0) is 13.7. The van der Waals surface area contributed by atoms with Gasteiger partial charge < -0.3 is 4.74 Å². The van der Waals surface area contributed by atoms with E-state index in [1.165, 1.54) is 35.6 Å². The van der Waals surface area contributed by atoms with E-state index in [9.17, 15) is 13.6 Å². The third-order valence-corrected chi connectivity index (χ3v) is 3.12. The number of ether oxygens (including phenoxy) is 1. The normalized spacial score (nSPS) is 11.1. The third-order valence-electron chi connectivity index (χ3n) is 2.29. The Balaban J connectivity index is 2.10. The summed E-state index contributed by atoms with van der Waals surface area (Å²) in [5.74, 6) is -0.279. The van der Waals surface area contributed by atoms with Gasteiger partial charge in [-0.3, -0.25) is 4.79 Å². The van der Waals surface area contributed by atoms with Gasteiger partial charge in [-0.1, -0.05) is 18.2 Å². The number of carbonyl (C=O) groups is 1. The average molecular weight is 280 g/mol. The molecule has 0 amide bonds. The van der Waals surface area contributed by atoms with E-state index in [-0.39, 0.29) is 11.5 Å². The Morgan fingerprint density at radius 1 is 1.26 bits per heavy atom. The molecule has 0 spiro atoms. The summed E-state index contributed by atoms with van der Waals surface area (Å²) >= 11 is 1.51. The molecule has 2 nitrogen and oxygen atoms in total. The Hall–Kier alpha value is -2.01. The number of halogens is 2. The van der Waals surface area contributed by atoms with Crippen molar-refractivity contribution in [1.82, 2.24) is 0 Å². The standard InChI is InChI=1S/C14H10F2O2S/c15-14(16)18-11-4-1-3-10(9-11)13(17)7-6-12-5-2-8-19-12/h1-9,14H. The minimum atomic E-state index is -2.90. The molecule has 19 heavy (non-hydrogen) atoms. The van der Waals surface area contributed by atoms with Crippen LogP contribution >= 0.6 is 11.3 Å². The lowest BCUT2D eigenvalue weighted by molar-refractivity contribution is -0.0498. The van der Waals surface area contributed by atoms with Crippen molar-refractivity contribution in [2.45, 2.75) is 6.61 Å². The average Bonchev–Trinajstić information content (AvgIpc) is 2.88. The molecule has 0 aliphatic carbocycles. The summed E-state index contributed by atoms with van der Waals surface area (Å²) < 4.78 is 28.4. The highest BCUT2D eigenvalue weighted by atomic mass is 32.1. The smallest absolute Gasteiger partial charge is 0.387 e. The number of benzene rings is 1. The van der Waals surface area contributed by atoms with E-state index in [1.807, 2.05) is 17.5 Å². The number of ketones is 1. The van der Waals surface area contributed by atoms with Crippen molar-refractivity contribution >= 4 is 23.2 Å². The molecule has 0 unspecified atom stereocenters. The Morgan fingerprint density at radius 3 is 2.79 bits per heavy atom. The van der Waals surface area contributed by atoms with Crippen LogP contribution in [0.25, 0.3) is 6.08 Å². The van der Waals surface area contributed by atoms with Crippen LogP contribution in [0.4, 0.5) is 8.78 Å². The van der Waals surface area contributed by atoms with Crippen molar-refractivity contribution in [1.29, 1.82) is 0 Å². The quantitative estimate of drug-likeness (QED) is 0.604. The summed E-state index contributed by atoms with van der Waals surface area (Å²) in [4.78, 5) is 12.8. The number of alkyl halides is 2. The van der Waals surface area contributed by atoms with Crippen molar-refractivity contribution < 1.29 is 18.3 Å². The number of carbonyl (C=O) groups excluding carboxylic acids is 1. The Kier molecular flexibility index (Phi) is 4.41. The first-order valence-electron chi connectivity index (χ1n) is 5.46. The number of allylic oxidation sites excluding steroid dienone is 1. The van der Waals surface area contributed by atoms with Crippen LogP contribution in [0.5, 0.6) is 5.75 Å². The number of hydrogen-bond donors (Lipinski definition) is 0. The van der Waals surface area contributed by atoms with Crippen molar-refractivity contribution in [3.8, 4) is 5.75 Å². The summed E-state index contributed by atoms with van der Waals surface area (Å²) in [5, 5.41) is 1.90. The molecule has 0 aliphatic rings. The van der Waals surface area contributed by atoms with E-state index in [2.05, 4.69) is 4.74 Å². The zero-order valence-electron chi connectivity index (χ0n) is 9.75. The Labute approximate surface area is 113 Å². The van der Waals surface area contributed by atoms with Crippen LogP contribution < -0.4 is 4.74 Å². The first-order chi connectivity index (χ1) is 9.15. The van der Waals surface area contributed by atoms with E-state index in [0.29, 0.717) is 5.56 Å². The van der Waals surface area contributed by atoms with Gasteiger partial charge in [0.25, 0.3) is 0 Å². The molecule has 0 N–H and O–H groups in total. The fourth-order valence-corrected chi connectivity index (χ4v) is 2.08. The van der Waals surface area contributed by atoms with E-state index in [1.54, 1.807) is 12.1 Å². The van der Waals surface area contributed by atoms with Crippen LogP contribution in [0.15, 0.2) is 47.9 Å². The van der Waals surface area contributed by atoms with Crippen molar-refractivity contribution in [2.75, 3.05) is 0 Å². The first-order valence-corrected chi connectivity index (χ1v) is 6.34. The highest BCUT2D eigenvalue weighted by molar-refractivity contribution is 7.10. The molecule has 0 saturated carbocycles. The summed E-state index contributed by atoms with van der Waals surface area (Å²) in [7, 11) is 0. The van der Waals surface area contributed by atoms with E-state index in [0.717, 1.165) is 4.88 Å². The van der Waals surface area contributed by atoms with Gasteiger partial charge in [0.05, 0.1) is 0 Å². The van der Waals surface area contributed by atoms with Gasteiger partial charge in [0.2, 0.25) is 0 Å². The van der Waals surface area contributed by atoms with E-state index >= 15 is 0 Å². The maximum atomic E-state index is 12.1. The second-order valence-corrected chi connectivity index (χ2v) is 4.60. The zero-order valence-corrected chi connectivity index (χ0v) is 10.6. The predicted octanol–water partition coefficient (Wildman–Crippen LogP) is 4.25. The molecular weight excluding hydrogens is 270 g/mol. The van der Waals surface area contributed by atoms with Gasteiger partial charge in [-0.05, 0) is 35.7 Å². The monoisotopic (exact) mass is 280 g/mol. The second kappa shape index (κ2) is 6.24. The fraction of sp³-hybridized carbons (Fsp3) is 0.0714. The SMILES string of the molecule is O=C(C=Cc1cccs1)c1cccc(OC(F)F)c1. The highest BCUT2D eigenvalue weighted by Crippen LogP contribution is 2.17. The highest BCUT2D eigenvalue weighted by Gasteiger charge is 2.07. The number of hydrogen-bond acceptors (Lipinski definition) is 3. The van der Waals surface area contributed by atoms with Gasteiger partial charge in [-0.2, -0.15) is 8.78 Å². The van der Waals surface area contributed by atoms with Crippen LogP contribution in [-0.2, 0) is 0 Å². The topological polar surface area (TPSA) is 26.3 Å². The first kappa shape index (κ1) is 13.4. The van der Waals surface area contributed by atoms with Gasteiger partial charge in [0.15, 0.2) is 5.78 Å². The maximum absolute atomic E-state index is 12.1. The molecule has 0 saturated heterocycles. The van der Waals surface area contributed by atoms with Crippen molar-refractivity contribution in [3.63, 3.8) is 0 Å². The minimum Gasteiger partial charge on any atom is -0.435 e. The molecule has 1 aromatic heterocycles. The summed E-state index contributed by atoms with van der Waals surface area (Å²) in [6, 6.07) is 9.50. The lowest BCUT2D eigenvalue weighted by Crippen LogP contribution is -2.03. The fourth-order valence-electron chi connectivity index (χ4n) is 1.47. The molecule has 0 aliphatic heterocycles. The lowest BCUT2D eigenvalue weighted by Gasteiger charge is -2.04. The minimum absolute atomic E-state index is 0.0228. The van der Waals surface area contributed by atoms with Crippen LogP contribution in [0, 0.1) is 0 Å². The molecule has 0 atom stereocenters. The lowest BCUT2D eigenvalue weighted by atomic mass is 10.1. The van der Waals surface area contributed by atoms with Crippen molar-refractivity contribution in [2.24, 2.45) is 0 Å². The molecule has 2 aromatic rings. The van der Waals surface area contributed by atoms with Crippen LogP contribution in [0.1, 0.15) is 15.2 Å². The van der Waals surface area contributed by atoms with Crippen LogP contribution in [0.2, 0.25) is 0 Å². The van der Waals surface area contributed by atoms with Crippen LogP contribution in [-0.4, -0.2) is 12.4 Å². The predicted molar refractivity (Wildman–Crippen MR) is 70.8 cm³/mol. The molecule has 98 valence electrons. The maximum Gasteiger partial charge on any atom is 0.387 e. The summed E-state index contributed by atoms with van der Waals surface area (Å²) in [6.45, 7) is -2.90. The molecule has 0 fully saturated rings. The number of thiophene rings is 1. The second-order valence-electron chi connectivity index (χ2n) is 3.62. The molecule has 0 bridgehead atoms. The van der Waals surface area contributed by atoms with Crippen molar-refractivity contribution in [3.05, 3.63) is 58.3 Å². The van der Waals surface area contributed by atoms with Gasteiger partial charge >= 0.3 is 6.61 Å². The van der Waals surface area contributed by atoms with Gasteiger partial charge in [-0.25, -0.2) is 0 Å². The Bertz CT molecular complexity index is 577. The van der Waals surface area contributed by atoms with Gasteiger partial charge in [-0.15, -0.1) is 11.3 Å². The van der Waals surface area contributed by atoms with Gasteiger partial charge in [0.1, 0.15) is 5.75 Å². The van der Waals surface area contributed by atoms with Crippen LogP contribution in [0.3, 0.4) is 0 Å². The summed E-state index contributed by atoms with van der Waals surface area (Å²) in [6.07, 6.45) is 3.10. The molecular formula is C14H10F2O2S. The van der Waals surface area contributed by atoms with E-state index < -0.39 is 6.61 Å². The molecule has 1 heterocycles. The largest absolute Gasteiger partial charge is 0.435 e. The molecule has 5 heteroatoms. The molecule has 2 rings (SSSR count). The third kappa shape index (κ3) is 3.99. The number of rotatable bonds is 5. The molecule has 1 aromatic carbocycles. The van der Waals surface area contributed by atoms with E-state index in [4.69, 9.17) is 0 Å². The van der Waals surface area contributed by atoms with Gasteiger partial charge in [0, 0.05) is 10.4 Å². The Morgan fingerprint density at radius 2 is 2.11 bits per heavy atom.